The Morgan fingerprint density at radius 1 is 1.60 bits per heavy atom. The van der Waals surface area contributed by atoms with Crippen LogP contribution in [0.3, 0.4) is 0 Å². The van der Waals surface area contributed by atoms with Gasteiger partial charge in [-0.15, -0.1) is 0 Å². The van der Waals surface area contributed by atoms with Crippen LogP contribution in [0.2, 0.25) is 0 Å². The van der Waals surface area contributed by atoms with E-state index < -0.39 is 5.97 Å². The lowest BCUT2D eigenvalue weighted by Crippen LogP contribution is -2.16. The predicted molar refractivity (Wildman–Crippen MR) is 59.2 cm³/mol. The molecule has 0 saturated heterocycles. The number of ether oxygens (including phenoxy) is 1. The van der Waals surface area contributed by atoms with Gasteiger partial charge in [0, 0.05) is 10.4 Å². The molecule has 0 fully saturated rings. The summed E-state index contributed by atoms with van der Waals surface area (Å²) < 4.78 is 6.45. The van der Waals surface area contributed by atoms with E-state index in [1.807, 2.05) is 18.2 Å². The van der Waals surface area contributed by atoms with E-state index in [2.05, 4.69) is 15.9 Å². The number of fused-ring (bicyclic) bond motifs is 1. The van der Waals surface area contributed by atoms with Crippen molar-refractivity contribution in [2.45, 2.75) is 18.8 Å². The van der Waals surface area contributed by atoms with E-state index in [1.165, 1.54) is 0 Å². The maximum Gasteiger partial charge on any atom is 0.303 e. The molecule has 1 aliphatic rings. The molecular formula is C11H11BrO3. The fourth-order valence-corrected chi connectivity index (χ4v) is 2.20. The van der Waals surface area contributed by atoms with Crippen LogP contribution in [0.5, 0.6) is 5.75 Å². The molecular weight excluding hydrogens is 260 g/mol. The number of carboxylic acid groups (broad SMARTS) is 1. The molecule has 0 saturated carbocycles. The van der Waals surface area contributed by atoms with Crippen molar-refractivity contribution in [1.29, 1.82) is 0 Å². The zero-order valence-corrected chi connectivity index (χ0v) is 9.66. The van der Waals surface area contributed by atoms with E-state index in [9.17, 15) is 4.79 Å². The SMILES string of the molecule is O=C(O)CC1CCOc2cc(Br)ccc21. The number of carboxylic acids is 1. The molecule has 0 spiro atoms. The molecule has 1 unspecified atom stereocenters. The maximum atomic E-state index is 10.7. The first-order valence-electron chi connectivity index (χ1n) is 4.81. The molecule has 0 aliphatic carbocycles. The van der Waals surface area contributed by atoms with Crippen molar-refractivity contribution in [2.24, 2.45) is 0 Å². The van der Waals surface area contributed by atoms with Crippen molar-refractivity contribution >= 4 is 21.9 Å². The fourth-order valence-electron chi connectivity index (χ4n) is 1.86. The van der Waals surface area contributed by atoms with E-state index >= 15 is 0 Å². The van der Waals surface area contributed by atoms with Crippen LogP contribution in [-0.2, 0) is 4.79 Å². The van der Waals surface area contributed by atoms with E-state index in [-0.39, 0.29) is 12.3 Å². The highest BCUT2D eigenvalue weighted by atomic mass is 79.9. The van der Waals surface area contributed by atoms with Gasteiger partial charge in [-0.2, -0.15) is 0 Å². The van der Waals surface area contributed by atoms with Gasteiger partial charge in [-0.25, -0.2) is 0 Å². The molecule has 0 bridgehead atoms. The first-order chi connectivity index (χ1) is 7.16. The van der Waals surface area contributed by atoms with Crippen LogP contribution in [0.25, 0.3) is 0 Å². The molecule has 0 aromatic heterocycles. The molecule has 1 N–H and O–H groups in total. The summed E-state index contributed by atoms with van der Waals surface area (Å²) in [5, 5.41) is 8.80. The summed E-state index contributed by atoms with van der Waals surface area (Å²) in [4.78, 5) is 10.7. The van der Waals surface area contributed by atoms with Gasteiger partial charge in [0.15, 0.2) is 0 Å². The fraction of sp³-hybridized carbons (Fsp3) is 0.364. The summed E-state index contributed by atoms with van der Waals surface area (Å²) in [6, 6.07) is 5.75. The molecule has 1 aliphatic heterocycles. The number of hydrogen-bond acceptors (Lipinski definition) is 2. The van der Waals surface area contributed by atoms with E-state index in [0.29, 0.717) is 6.61 Å². The van der Waals surface area contributed by atoms with Gasteiger partial charge in [-0.1, -0.05) is 22.0 Å². The monoisotopic (exact) mass is 270 g/mol. The van der Waals surface area contributed by atoms with Gasteiger partial charge in [0.25, 0.3) is 0 Å². The second-order valence-corrected chi connectivity index (χ2v) is 4.53. The molecule has 1 aromatic rings. The Hall–Kier alpha value is -1.03. The van der Waals surface area contributed by atoms with Gasteiger partial charge in [-0.05, 0) is 24.1 Å². The molecule has 0 amide bonds. The average molecular weight is 271 g/mol. The molecule has 15 heavy (non-hydrogen) atoms. The van der Waals surface area contributed by atoms with Gasteiger partial charge >= 0.3 is 5.97 Å². The molecule has 0 radical (unpaired) electrons. The molecule has 3 nitrogen and oxygen atoms in total. The summed E-state index contributed by atoms with van der Waals surface area (Å²) in [6.07, 6.45) is 0.957. The van der Waals surface area contributed by atoms with Crippen molar-refractivity contribution in [3.8, 4) is 5.75 Å². The van der Waals surface area contributed by atoms with Crippen molar-refractivity contribution in [2.75, 3.05) is 6.61 Å². The number of aliphatic carboxylic acids is 1. The molecule has 4 heteroatoms. The first-order valence-corrected chi connectivity index (χ1v) is 5.60. The van der Waals surface area contributed by atoms with Crippen LogP contribution in [0.1, 0.15) is 24.3 Å². The Kier molecular flexibility index (Phi) is 2.95. The van der Waals surface area contributed by atoms with Crippen LogP contribution in [0, 0.1) is 0 Å². The number of rotatable bonds is 2. The second kappa shape index (κ2) is 4.23. The first kappa shape index (κ1) is 10.5. The van der Waals surface area contributed by atoms with Gasteiger partial charge in [-0.3, -0.25) is 4.79 Å². The molecule has 2 rings (SSSR count). The highest BCUT2D eigenvalue weighted by molar-refractivity contribution is 9.10. The standard InChI is InChI=1S/C11H11BrO3/c12-8-1-2-9-7(5-11(13)14)3-4-15-10(9)6-8/h1-2,6-7H,3-5H2,(H,13,14). The van der Waals surface area contributed by atoms with Gasteiger partial charge in [0.05, 0.1) is 13.0 Å². The third-order valence-electron chi connectivity index (χ3n) is 2.56. The second-order valence-electron chi connectivity index (χ2n) is 3.61. The van der Waals surface area contributed by atoms with E-state index in [4.69, 9.17) is 9.84 Å². The molecule has 1 aromatic carbocycles. The third-order valence-corrected chi connectivity index (χ3v) is 3.05. The van der Waals surface area contributed by atoms with Crippen molar-refractivity contribution in [3.05, 3.63) is 28.2 Å². The van der Waals surface area contributed by atoms with Crippen LogP contribution >= 0.6 is 15.9 Å². The molecule has 1 heterocycles. The Morgan fingerprint density at radius 2 is 2.40 bits per heavy atom. The lowest BCUT2D eigenvalue weighted by molar-refractivity contribution is -0.137. The number of benzene rings is 1. The van der Waals surface area contributed by atoms with Crippen molar-refractivity contribution in [3.63, 3.8) is 0 Å². The highest BCUT2D eigenvalue weighted by Crippen LogP contribution is 2.37. The highest BCUT2D eigenvalue weighted by Gasteiger charge is 2.23. The largest absolute Gasteiger partial charge is 0.493 e. The summed E-state index contributed by atoms with van der Waals surface area (Å²) in [5.74, 6) is 0.136. The predicted octanol–water partition coefficient (Wildman–Crippen LogP) is 2.79. The lowest BCUT2D eigenvalue weighted by Gasteiger charge is -2.24. The zero-order chi connectivity index (χ0) is 10.8. The molecule has 80 valence electrons. The zero-order valence-electron chi connectivity index (χ0n) is 8.07. The quantitative estimate of drug-likeness (QED) is 0.899. The Balaban J connectivity index is 2.30. The minimum atomic E-state index is -0.754. The van der Waals surface area contributed by atoms with E-state index in [1.54, 1.807) is 0 Å². The maximum absolute atomic E-state index is 10.7. The third kappa shape index (κ3) is 2.31. The lowest BCUT2D eigenvalue weighted by atomic mass is 9.90. The summed E-state index contributed by atoms with van der Waals surface area (Å²) >= 11 is 3.36. The minimum Gasteiger partial charge on any atom is -0.493 e. The number of halogens is 1. The Labute approximate surface area is 96.2 Å². The average Bonchev–Trinajstić information content (AvgIpc) is 2.16. The van der Waals surface area contributed by atoms with Crippen molar-refractivity contribution < 1.29 is 14.6 Å². The van der Waals surface area contributed by atoms with Crippen LogP contribution < -0.4 is 4.74 Å². The minimum absolute atomic E-state index is 0.0827. The van der Waals surface area contributed by atoms with Gasteiger partial charge in [0.2, 0.25) is 0 Å². The molecule has 1 atom stereocenters. The number of hydrogen-bond donors (Lipinski definition) is 1. The van der Waals surface area contributed by atoms with Crippen molar-refractivity contribution in [1.82, 2.24) is 0 Å². The van der Waals surface area contributed by atoms with E-state index in [0.717, 1.165) is 22.2 Å². The Bertz CT molecular complexity index is 389. The Morgan fingerprint density at radius 3 is 3.13 bits per heavy atom. The normalized spacial score (nSPS) is 19.1. The smallest absolute Gasteiger partial charge is 0.303 e. The summed E-state index contributed by atoms with van der Waals surface area (Å²) in [5.41, 5.74) is 1.01. The van der Waals surface area contributed by atoms with Crippen LogP contribution in [0.4, 0.5) is 0 Å². The van der Waals surface area contributed by atoms with Crippen LogP contribution in [0.15, 0.2) is 22.7 Å². The number of carbonyl (C=O) groups is 1. The summed E-state index contributed by atoms with van der Waals surface area (Å²) in [6.45, 7) is 0.599. The van der Waals surface area contributed by atoms with Gasteiger partial charge in [0.1, 0.15) is 5.75 Å². The summed E-state index contributed by atoms with van der Waals surface area (Å²) in [7, 11) is 0. The van der Waals surface area contributed by atoms with Crippen LogP contribution in [-0.4, -0.2) is 17.7 Å². The van der Waals surface area contributed by atoms with Gasteiger partial charge < -0.3 is 9.84 Å². The topological polar surface area (TPSA) is 46.5 Å².